The van der Waals surface area contributed by atoms with Gasteiger partial charge in [0.15, 0.2) is 0 Å². The average Bonchev–Trinajstić information content (AvgIpc) is 2.76. The van der Waals surface area contributed by atoms with Gasteiger partial charge in [0, 0.05) is 11.4 Å². The van der Waals surface area contributed by atoms with E-state index < -0.39 is 0 Å². The lowest BCUT2D eigenvalue weighted by atomic mass is 10.1. The van der Waals surface area contributed by atoms with Crippen molar-refractivity contribution in [3.05, 3.63) is 46.6 Å². The Morgan fingerprint density at radius 3 is 2.50 bits per heavy atom. The number of halogens is 2. The Balaban J connectivity index is 1.99. The second-order valence-corrected chi connectivity index (χ2v) is 3.99. The zero-order valence-electron chi connectivity index (χ0n) is 8.49. The Labute approximate surface area is 103 Å². The Morgan fingerprint density at radius 2 is 1.81 bits per heavy atom. The van der Waals surface area contributed by atoms with Crippen LogP contribution in [0.1, 0.15) is 17.3 Å². The topological polar surface area (TPSA) is 38.9 Å². The third-order valence-electron chi connectivity index (χ3n) is 2.19. The SMILES string of the molecule is ClCc1nnc(CCc2ccccc2Cl)o1. The van der Waals surface area contributed by atoms with Crippen LogP contribution in [-0.2, 0) is 18.7 Å². The average molecular weight is 257 g/mol. The molecule has 0 saturated carbocycles. The molecule has 0 aliphatic rings. The van der Waals surface area contributed by atoms with E-state index in [0.29, 0.717) is 18.2 Å². The number of hydrogen-bond donors (Lipinski definition) is 0. The normalized spacial score (nSPS) is 10.6. The van der Waals surface area contributed by atoms with E-state index in [4.69, 9.17) is 27.6 Å². The molecule has 16 heavy (non-hydrogen) atoms. The molecule has 0 unspecified atom stereocenters. The van der Waals surface area contributed by atoms with Crippen molar-refractivity contribution in [1.82, 2.24) is 10.2 Å². The van der Waals surface area contributed by atoms with Crippen molar-refractivity contribution in [2.24, 2.45) is 0 Å². The summed E-state index contributed by atoms with van der Waals surface area (Å²) in [5.41, 5.74) is 1.08. The number of aryl methyl sites for hydroxylation is 2. The van der Waals surface area contributed by atoms with Crippen LogP contribution in [0.5, 0.6) is 0 Å². The van der Waals surface area contributed by atoms with Crippen molar-refractivity contribution < 1.29 is 4.42 Å². The fraction of sp³-hybridized carbons (Fsp3) is 0.273. The molecule has 0 saturated heterocycles. The largest absolute Gasteiger partial charge is 0.424 e. The van der Waals surface area contributed by atoms with Gasteiger partial charge in [0.2, 0.25) is 11.8 Å². The highest BCUT2D eigenvalue weighted by atomic mass is 35.5. The molecular formula is C11H10Cl2N2O. The monoisotopic (exact) mass is 256 g/mol. The van der Waals surface area contributed by atoms with E-state index in [9.17, 15) is 0 Å². The number of alkyl halides is 1. The Bertz CT molecular complexity index is 471. The maximum atomic E-state index is 6.04. The van der Waals surface area contributed by atoms with Gasteiger partial charge in [-0.15, -0.1) is 21.8 Å². The second kappa shape index (κ2) is 5.32. The summed E-state index contributed by atoms with van der Waals surface area (Å²) in [7, 11) is 0. The van der Waals surface area contributed by atoms with Crippen LogP contribution in [-0.4, -0.2) is 10.2 Å². The molecule has 0 aliphatic heterocycles. The smallest absolute Gasteiger partial charge is 0.231 e. The molecule has 1 aromatic carbocycles. The molecule has 2 rings (SSSR count). The van der Waals surface area contributed by atoms with Crippen molar-refractivity contribution in [1.29, 1.82) is 0 Å². The lowest BCUT2D eigenvalue weighted by molar-refractivity contribution is 0.463. The number of hydrogen-bond acceptors (Lipinski definition) is 3. The molecule has 0 radical (unpaired) electrons. The molecule has 0 aliphatic carbocycles. The van der Waals surface area contributed by atoms with E-state index in [0.717, 1.165) is 17.0 Å². The standard InChI is InChI=1S/C11H10Cl2N2O/c12-7-11-15-14-10(16-11)6-5-8-3-1-2-4-9(8)13/h1-4H,5-7H2. The maximum absolute atomic E-state index is 6.04. The van der Waals surface area contributed by atoms with Gasteiger partial charge < -0.3 is 4.42 Å². The van der Waals surface area contributed by atoms with E-state index in [-0.39, 0.29) is 5.88 Å². The van der Waals surface area contributed by atoms with Gasteiger partial charge in [0.1, 0.15) is 5.88 Å². The third-order valence-corrected chi connectivity index (χ3v) is 2.79. The highest BCUT2D eigenvalue weighted by Crippen LogP contribution is 2.17. The zero-order chi connectivity index (χ0) is 11.4. The highest BCUT2D eigenvalue weighted by Gasteiger charge is 2.06. The van der Waals surface area contributed by atoms with Gasteiger partial charge in [-0.25, -0.2) is 0 Å². The number of aromatic nitrogens is 2. The minimum Gasteiger partial charge on any atom is -0.424 e. The fourth-order valence-corrected chi connectivity index (χ4v) is 1.72. The lowest BCUT2D eigenvalue weighted by Gasteiger charge is -2.00. The molecule has 0 fully saturated rings. The predicted octanol–water partition coefficient (Wildman–Crippen LogP) is 3.25. The van der Waals surface area contributed by atoms with E-state index >= 15 is 0 Å². The molecule has 0 atom stereocenters. The molecule has 1 heterocycles. The molecule has 2 aromatic rings. The summed E-state index contributed by atoms with van der Waals surface area (Å²) in [6.45, 7) is 0. The Kier molecular flexibility index (Phi) is 3.80. The summed E-state index contributed by atoms with van der Waals surface area (Å²) in [5.74, 6) is 1.30. The van der Waals surface area contributed by atoms with Gasteiger partial charge in [-0.3, -0.25) is 0 Å². The van der Waals surface area contributed by atoms with Crippen LogP contribution in [0.25, 0.3) is 0 Å². The van der Waals surface area contributed by atoms with Crippen molar-refractivity contribution in [3.8, 4) is 0 Å². The van der Waals surface area contributed by atoms with E-state index in [1.165, 1.54) is 0 Å². The van der Waals surface area contributed by atoms with Gasteiger partial charge in [-0.05, 0) is 18.1 Å². The summed E-state index contributed by atoms with van der Waals surface area (Å²) < 4.78 is 5.30. The van der Waals surface area contributed by atoms with Gasteiger partial charge in [-0.1, -0.05) is 29.8 Å². The molecule has 0 bridgehead atoms. The number of benzene rings is 1. The van der Waals surface area contributed by atoms with Crippen molar-refractivity contribution in [2.75, 3.05) is 0 Å². The molecule has 3 nitrogen and oxygen atoms in total. The highest BCUT2D eigenvalue weighted by molar-refractivity contribution is 6.31. The summed E-state index contributed by atoms with van der Waals surface area (Å²) in [6.07, 6.45) is 1.46. The molecule has 0 spiro atoms. The second-order valence-electron chi connectivity index (χ2n) is 3.31. The Morgan fingerprint density at radius 1 is 1.06 bits per heavy atom. The molecule has 0 amide bonds. The summed E-state index contributed by atoms with van der Waals surface area (Å²) >= 11 is 11.6. The quantitative estimate of drug-likeness (QED) is 0.789. The summed E-state index contributed by atoms with van der Waals surface area (Å²) in [4.78, 5) is 0. The number of nitrogens with zero attached hydrogens (tertiary/aromatic N) is 2. The van der Waals surface area contributed by atoms with Crippen LogP contribution in [0.15, 0.2) is 28.7 Å². The molecular weight excluding hydrogens is 247 g/mol. The van der Waals surface area contributed by atoms with Crippen LogP contribution in [0.2, 0.25) is 5.02 Å². The molecule has 0 N–H and O–H groups in total. The van der Waals surface area contributed by atoms with Gasteiger partial charge in [-0.2, -0.15) is 0 Å². The summed E-state index contributed by atoms with van der Waals surface area (Å²) in [5, 5.41) is 8.44. The van der Waals surface area contributed by atoms with Crippen LogP contribution in [0.4, 0.5) is 0 Å². The van der Waals surface area contributed by atoms with Crippen molar-refractivity contribution >= 4 is 23.2 Å². The van der Waals surface area contributed by atoms with E-state index in [1.807, 2.05) is 24.3 Å². The zero-order valence-corrected chi connectivity index (χ0v) is 10.0. The lowest BCUT2D eigenvalue weighted by Crippen LogP contribution is -1.92. The van der Waals surface area contributed by atoms with Crippen molar-refractivity contribution in [3.63, 3.8) is 0 Å². The predicted molar refractivity (Wildman–Crippen MR) is 62.7 cm³/mol. The first-order valence-corrected chi connectivity index (χ1v) is 5.81. The first-order chi connectivity index (χ1) is 7.79. The molecule has 5 heteroatoms. The van der Waals surface area contributed by atoms with Crippen LogP contribution >= 0.6 is 23.2 Å². The van der Waals surface area contributed by atoms with Crippen LogP contribution in [0.3, 0.4) is 0 Å². The van der Waals surface area contributed by atoms with Crippen LogP contribution < -0.4 is 0 Å². The van der Waals surface area contributed by atoms with E-state index in [1.54, 1.807) is 0 Å². The fourth-order valence-electron chi connectivity index (χ4n) is 1.39. The van der Waals surface area contributed by atoms with Crippen LogP contribution in [0, 0.1) is 0 Å². The Hall–Kier alpha value is -1.06. The molecule has 84 valence electrons. The van der Waals surface area contributed by atoms with Gasteiger partial charge >= 0.3 is 0 Å². The van der Waals surface area contributed by atoms with Gasteiger partial charge in [0.25, 0.3) is 0 Å². The van der Waals surface area contributed by atoms with E-state index in [2.05, 4.69) is 10.2 Å². The first kappa shape index (κ1) is 11.4. The first-order valence-electron chi connectivity index (χ1n) is 4.90. The van der Waals surface area contributed by atoms with Gasteiger partial charge in [0.05, 0.1) is 0 Å². The maximum Gasteiger partial charge on any atom is 0.231 e. The number of rotatable bonds is 4. The third kappa shape index (κ3) is 2.74. The summed E-state index contributed by atoms with van der Waals surface area (Å²) in [6, 6.07) is 7.72. The van der Waals surface area contributed by atoms with Crippen molar-refractivity contribution in [2.45, 2.75) is 18.7 Å². The minimum atomic E-state index is 0.249. The molecule has 1 aromatic heterocycles. The minimum absolute atomic E-state index is 0.249.